The van der Waals surface area contributed by atoms with E-state index in [0.29, 0.717) is 18.9 Å². The highest BCUT2D eigenvalue weighted by atomic mass is 79.9. The predicted octanol–water partition coefficient (Wildman–Crippen LogP) is 7.22. The van der Waals surface area contributed by atoms with Gasteiger partial charge in [0.15, 0.2) is 0 Å². The molecular weight excluding hydrogens is 746 g/mol. The molecule has 8 nitrogen and oxygen atoms in total. The highest BCUT2D eigenvalue weighted by Crippen LogP contribution is 2.28. The van der Waals surface area contributed by atoms with Crippen molar-refractivity contribution < 1.29 is 22.7 Å². The Morgan fingerprint density at radius 2 is 1.49 bits per heavy atom. The maximum absolute atomic E-state index is 14.6. The molecule has 0 aliphatic rings. The Kier molecular flexibility index (Phi) is 13.0. The summed E-state index contributed by atoms with van der Waals surface area (Å²) in [6.07, 6.45) is 0.243. The highest BCUT2D eigenvalue weighted by molar-refractivity contribution is 9.10. The molecule has 1 N–H and O–H groups in total. The molecule has 0 heterocycles. The lowest BCUT2D eigenvalue weighted by Crippen LogP contribution is -2.53. The van der Waals surface area contributed by atoms with Crippen molar-refractivity contribution in [2.45, 2.75) is 44.7 Å². The molecule has 0 aliphatic carbocycles. The lowest BCUT2D eigenvalue weighted by molar-refractivity contribution is -0.140. The molecule has 0 saturated heterocycles. The van der Waals surface area contributed by atoms with Crippen LogP contribution in [0.25, 0.3) is 0 Å². The van der Waals surface area contributed by atoms with Crippen LogP contribution in [0.4, 0.5) is 5.69 Å². The summed E-state index contributed by atoms with van der Waals surface area (Å²) in [5.41, 5.74) is 1.94. The van der Waals surface area contributed by atoms with Gasteiger partial charge in [-0.25, -0.2) is 8.42 Å². The normalized spacial score (nSPS) is 12.0. The van der Waals surface area contributed by atoms with Crippen LogP contribution in [0.1, 0.15) is 31.9 Å². The number of amides is 2. The van der Waals surface area contributed by atoms with Crippen LogP contribution in [0.3, 0.4) is 0 Å². The zero-order valence-electron chi connectivity index (χ0n) is 26.6. The summed E-state index contributed by atoms with van der Waals surface area (Å²) in [6.45, 7) is 6.28. The van der Waals surface area contributed by atoms with Crippen LogP contribution in [-0.2, 0) is 32.6 Å². The number of hydrogen-bond donors (Lipinski definition) is 1. The zero-order chi connectivity index (χ0) is 34.0. The number of anilines is 1. The van der Waals surface area contributed by atoms with E-state index in [4.69, 9.17) is 4.74 Å². The van der Waals surface area contributed by atoms with Crippen LogP contribution >= 0.6 is 31.9 Å². The van der Waals surface area contributed by atoms with E-state index in [1.807, 2.05) is 75.4 Å². The maximum Gasteiger partial charge on any atom is 0.264 e. The molecule has 248 valence electrons. The van der Waals surface area contributed by atoms with Gasteiger partial charge in [-0.15, -0.1) is 0 Å². The Labute approximate surface area is 294 Å². The van der Waals surface area contributed by atoms with Gasteiger partial charge in [0.25, 0.3) is 10.0 Å². The third-order valence-corrected chi connectivity index (χ3v) is 10.1. The number of ether oxygens (including phenoxy) is 1. The Balaban J connectivity index is 1.80. The van der Waals surface area contributed by atoms with Crippen LogP contribution < -0.4 is 14.4 Å². The van der Waals surface area contributed by atoms with Crippen molar-refractivity contribution in [2.75, 3.05) is 24.0 Å². The molecule has 0 saturated carbocycles. The van der Waals surface area contributed by atoms with Crippen LogP contribution in [-0.4, -0.2) is 50.9 Å². The summed E-state index contributed by atoms with van der Waals surface area (Å²) in [5, 5.41) is 3.01. The molecule has 1 atom stereocenters. The molecule has 2 amide bonds. The van der Waals surface area contributed by atoms with Crippen LogP contribution in [0.15, 0.2) is 117 Å². The Bertz CT molecular complexity index is 1730. The van der Waals surface area contributed by atoms with Crippen molar-refractivity contribution >= 4 is 59.4 Å². The Morgan fingerprint density at radius 3 is 2.11 bits per heavy atom. The van der Waals surface area contributed by atoms with Crippen molar-refractivity contribution in [3.05, 3.63) is 123 Å². The summed E-state index contributed by atoms with van der Waals surface area (Å²) in [7, 11) is -4.21. The van der Waals surface area contributed by atoms with E-state index >= 15 is 0 Å². The summed E-state index contributed by atoms with van der Waals surface area (Å²) in [4.78, 5) is 30.0. The van der Waals surface area contributed by atoms with Crippen LogP contribution in [0.5, 0.6) is 5.75 Å². The van der Waals surface area contributed by atoms with E-state index in [-0.39, 0.29) is 35.4 Å². The topological polar surface area (TPSA) is 96.0 Å². The second-order valence-corrected chi connectivity index (χ2v) is 15.1. The molecule has 1 unspecified atom stereocenters. The first-order chi connectivity index (χ1) is 22.5. The van der Waals surface area contributed by atoms with Crippen molar-refractivity contribution in [2.24, 2.45) is 5.92 Å². The molecular formula is C36H39Br2N3O5S. The first-order valence-electron chi connectivity index (χ1n) is 15.3. The molecule has 0 bridgehead atoms. The van der Waals surface area contributed by atoms with Gasteiger partial charge in [0.2, 0.25) is 11.8 Å². The minimum atomic E-state index is -4.21. The minimum Gasteiger partial charge on any atom is -0.494 e. The number of rotatable bonds is 15. The number of hydrogen-bond acceptors (Lipinski definition) is 5. The van der Waals surface area contributed by atoms with Crippen LogP contribution in [0, 0.1) is 5.92 Å². The first kappa shape index (κ1) is 36.2. The van der Waals surface area contributed by atoms with E-state index in [1.165, 1.54) is 17.0 Å². The molecule has 11 heteroatoms. The molecule has 0 aromatic heterocycles. The summed E-state index contributed by atoms with van der Waals surface area (Å²) < 4.78 is 36.6. The van der Waals surface area contributed by atoms with E-state index in [1.54, 1.807) is 36.4 Å². The van der Waals surface area contributed by atoms with Gasteiger partial charge in [-0.1, -0.05) is 88.2 Å². The lowest BCUT2D eigenvalue weighted by atomic mass is 10.0. The van der Waals surface area contributed by atoms with E-state index in [2.05, 4.69) is 37.2 Å². The number of nitrogens with zero attached hydrogens (tertiary/aromatic N) is 2. The van der Waals surface area contributed by atoms with E-state index in [9.17, 15) is 18.0 Å². The fourth-order valence-corrected chi connectivity index (χ4v) is 7.07. The molecule has 0 radical (unpaired) electrons. The number of carbonyl (C=O) groups excluding carboxylic acids is 2. The molecule has 0 aliphatic heterocycles. The van der Waals surface area contributed by atoms with E-state index < -0.39 is 28.5 Å². The maximum atomic E-state index is 14.6. The smallest absolute Gasteiger partial charge is 0.264 e. The molecule has 0 spiro atoms. The van der Waals surface area contributed by atoms with Gasteiger partial charge in [-0.2, -0.15) is 0 Å². The second kappa shape index (κ2) is 16.9. The van der Waals surface area contributed by atoms with Crippen molar-refractivity contribution in [1.29, 1.82) is 0 Å². The summed E-state index contributed by atoms with van der Waals surface area (Å²) >= 11 is 6.88. The molecule has 0 fully saturated rings. The molecule has 4 aromatic carbocycles. The molecule has 4 aromatic rings. The molecule has 4 rings (SSSR count). The average molecular weight is 786 g/mol. The Hall–Kier alpha value is -3.67. The zero-order valence-corrected chi connectivity index (χ0v) is 30.6. The van der Waals surface area contributed by atoms with Gasteiger partial charge in [0.1, 0.15) is 18.3 Å². The third-order valence-electron chi connectivity index (χ3n) is 7.31. The number of nitrogens with one attached hydrogen (secondary N) is 1. The standard InChI is InChI=1S/C36H39Br2N3O5S/c1-4-46-32-17-15-31(16-18-32)41(47(44,45)33-19-13-29(37)14-20-33)25-35(42)40(24-28-11-8-12-30(38)21-28)34(36(43)39-23-26(2)3)22-27-9-6-5-7-10-27/h5-21,26,34H,4,22-25H2,1-3H3,(H,39,43). The number of sulfonamides is 1. The van der Waals surface area contributed by atoms with Gasteiger partial charge in [0.05, 0.1) is 17.2 Å². The van der Waals surface area contributed by atoms with Gasteiger partial charge in [0, 0.05) is 28.5 Å². The van der Waals surface area contributed by atoms with E-state index in [0.717, 1.165) is 24.4 Å². The second-order valence-electron chi connectivity index (χ2n) is 11.4. The fourth-order valence-electron chi connectivity index (χ4n) is 4.95. The lowest BCUT2D eigenvalue weighted by Gasteiger charge is -2.34. The number of carbonyl (C=O) groups is 2. The van der Waals surface area contributed by atoms with Gasteiger partial charge < -0.3 is 15.0 Å². The summed E-state index contributed by atoms with van der Waals surface area (Å²) in [6, 6.07) is 28.9. The van der Waals surface area contributed by atoms with Crippen molar-refractivity contribution in [3.63, 3.8) is 0 Å². The largest absolute Gasteiger partial charge is 0.494 e. The minimum absolute atomic E-state index is 0.0245. The van der Waals surface area contributed by atoms with Crippen molar-refractivity contribution in [3.8, 4) is 5.75 Å². The van der Waals surface area contributed by atoms with Gasteiger partial charge >= 0.3 is 0 Å². The third kappa shape index (κ3) is 10.2. The average Bonchev–Trinajstić information content (AvgIpc) is 3.05. The monoisotopic (exact) mass is 783 g/mol. The fraction of sp³-hybridized carbons (Fsp3) is 0.278. The highest BCUT2D eigenvalue weighted by Gasteiger charge is 2.34. The van der Waals surface area contributed by atoms with Gasteiger partial charge in [-0.3, -0.25) is 13.9 Å². The van der Waals surface area contributed by atoms with Crippen LogP contribution in [0.2, 0.25) is 0 Å². The summed E-state index contributed by atoms with van der Waals surface area (Å²) in [5.74, 6) is -0.0733. The number of halogens is 2. The molecule has 47 heavy (non-hydrogen) atoms. The predicted molar refractivity (Wildman–Crippen MR) is 193 cm³/mol. The van der Waals surface area contributed by atoms with Gasteiger partial charge in [-0.05, 0) is 84.6 Å². The Morgan fingerprint density at radius 1 is 0.830 bits per heavy atom. The quantitative estimate of drug-likeness (QED) is 0.138. The first-order valence-corrected chi connectivity index (χ1v) is 18.4. The number of benzene rings is 4. The van der Waals surface area contributed by atoms with Crippen molar-refractivity contribution in [1.82, 2.24) is 10.2 Å². The SMILES string of the molecule is CCOc1ccc(N(CC(=O)N(Cc2cccc(Br)c2)C(Cc2ccccc2)C(=O)NCC(C)C)S(=O)(=O)c2ccc(Br)cc2)cc1.